The van der Waals surface area contributed by atoms with Crippen LogP contribution in [0.1, 0.15) is 96.6 Å². The van der Waals surface area contributed by atoms with Gasteiger partial charge in [-0.25, -0.2) is 0 Å². The number of nitrogens with one attached hydrogen (secondary N) is 4. The number of hydroxylamine groups is 1. The van der Waals surface area contributed by atoms with Crippen LogP contribution in [0, 0.1) is 11.3 Å². The van der Waals surface area contributed by atoms with Gasteiger partial charge < -0.3 is 20.9 Å². The molecular weight excluding hydrogens is 684 g/mol. The predicted octanol–water partition coefficient (Wildman–Crippen LogP) is 4.62. The number of pyridine rings is 1. The number of hydrogen-bond donors (Lipinski definition) is 4. The highest BCUT2D eigenvalue weighted by Gasteiger charge is 2.54. The van der Waals surface area contributed by atoms with Gasteiger partial charge in [-0.2, -0.15) is 0 Å². The van der Waals surface area contributed by atoms with E-state index in [-0.39, 0.29) is 37.8 Å². The Bertz CT molecular complexity index is 1660. The van der Waals surface area contributed by atoms with Crippen LogP contribution in [0.25, 0.3) is 5.70 Å². The van der Waals surface area contributed by atoms with Gasteiger partial charge in [0, 0.05) is 42.4 Å². The number of rotatable bonds is 13. The summed E-state index contributed by atoms with van der Waals surface area (Å²) in [5, 5.41) is 8.99. The Morgan fingerprint density at radius 3 is 2.46 bits per heavy atom. The second kappa shape index (κ2) is 17.0. The normalized spacial score (nSPS) is 21.5. The minimum absolute atomic E-state index is 0.00483. The summed E-state index contributed by atoms with van der Waals surface area (Å²) < 4.78 is 0. The largest absolute Gasteiger partial charge is 0.345 e. The van der Waals surface area contributed by atoms with Crippen molar-refractivity contribution in [3.05, 3.63) is 71.0 Å². The summed E-state index contributed by atoms with van der Waals surface area (Å²) >= 11 is 6.26. The Hall–Kier alpha value is -4.29. The molecule has 2 fully saturated rings. The molecule has 0 radical (unpaired) electrons. The van der Waals surface area contributed by atoms with Crippen LogP contribution in [-0.4, -0.2) is 69.6 Å². The molecule has 1 saturated heterocycles. The number of Topliss-reactive ketones (excluding diaryl/α,β-unsaturated/α-hetero) is 1. The number of hydrogen-bond acceptors (Lipinski definition) is 8. The van der Waals surface area contributed by atoms with E-state index in [1.54, 1.807) is 36.7 Å². The predicted molar refractivity (Wildman–Crippen MR) is 197 cm³/mol. The average Bonchev–Trinajstić information content (AvgIpc) is 3.72. The molecule has 1 aromatic carbocycles. The summed E-state index contributed by atoms with van der Waals surface area (Å²) in [4.78, 5) is 80.2. The molecule has 12 nitrogen and oxygen atoms in total. The molecule has 4 N–H and O–H groups in total. The lowest BCUT2D eigenvalue weighted by Gasteiger charge is -2.36. The maximum Gasteiger partial charge on any atom is 0.289 e. The molecule has 1 aliphatic carbocycles. The zero-order valence-corrected chi connectivity index (χ0v) is 31.3. The number of carbonyl (C=O) groups excluding carboxylic acids is 5. The van der Waals surface area contributed by atoms with E-state index in [1.165, 1.54) is 11.3 Å². The van der Waals surface area contributed by atoms with Crippen LogP contribution >= 0.6 is 11.6 Å². The van der Waals surface area contributed by atoms with Crippen LogP contribution in [0.15, 0.2) is 54.9 Å². The van der Waals surface area contributed by atoms with Gasteiger partial charge in [0.1, 0.15) is 17.7 Å². The van der Waals surface area contributed by atoms with E-state index < -0.39 is 52.6 Å². The molecule has 2 aromatic rings. The van der Waals surface area contributed by atoms with E-state index >= 15 is 0 Å². The van der Waals surface area contributed by atoms with Crippen LogP contribution < -0.4 is 21.4 Å². The molecule has 4 amide bonds. The molecule has 280 valence electrons. The van der Waals surface area contributed by atoms with Gasteiger partial charge in [-0.1, -0.05) is 77.1 Å². The van der Waals surface area contributed by atoms with Gasteiger partial charge in [0.05, 0.1) is 18.3 Å². The van der Waals surface area contributed by atoms with Crippen LogP contribution in [0.2, 0.25) is 5.02 Å². The molecule has 3 heterocycles. The Labute approximate surface area is 310 Å². The number of nitrogens with zero attached hydrogens (tertiary/aromatic N) is 2. The maximum absolute atomic E-state index is 14.6. The lowest BCUT2D eigenvalue weighted by molar-refractivity contribution is -0.145. The molecule has 1 aromatic heterocycles. The summed E-state index contributed by atoms with van der Waals surface area (Å²) in [5.41, 5.74) is 3.34. The molecule has 2 aliphatic heterocycles. The first-order valence-electron chi connectivity index (χ1n) is 18.3. The van der Waals surface area contributed by atoms with Crippen molar-refractivity contribution >= 4 is 46.7 Å². The lowest BCUT2D eigenvalue weighted by Crippen LogP contribution is -2.59. The highest BCUT2D eigenvalue weighted by atomic mass is 35.5. The van der Waals surface area contributed by atoms with Crippen molar-refractivity contribution in [2.45, 2.75) is 116 Å². The van der Waals surface area contributed by atoms with E-state index in [9.17, 15) is 24.0 Å². The zero-order chi connectivity index (χ0) is 37.5. The zero-order valence-electron chi connectivity index (χ0n) is 30.5. The minimum atomic E-state index is -1.11. The van der Waals surface area contributed by atoms with E-state index in [0.29, 0.717) is 23.6 Å². The quantitative estimate of drug-likeness (QED) is 0.217. The Morgan fingerprint density at radius 1 is 1.06 bits per heavy atom. The number of halogens is 1. The number of carbonyl (C=O) groups is 5. The van der Waals surface area contributed by atoms with E-state index in [1.807, 2.05) is 45.9 Å². The van der Waals surface area contributed by atoms with Crippen LogP contribution in [0.5, 0.6) is 0 Å². The SMILES string of the molecule is CCC[C@H](NC(=O)[C@@H]1C[C@]2(C=C(c3cccc(Cl)c3)NO2)CN1C(=O)[C@@H](NC(=O)CC1CCCCC1)C(C)(C)C)C(=O)C(=O)NCc1ccncc1. The first-order chi connectivity index (χ1) is 24.8. The van der Waals surface area contributed by atoms with Crippen molar-refractivity contribution in [3.63, 3.8) is 0 Å². The fourth-order valence-corrected chi connectivity index (χ4v) is 7.45. The average molecular weight is 735 g/mol. The highest BCUT2D eigenvalue weighted by Crippen LogP contribution is 2.39. The first kappa shape index (κ1) is 38.9. The fraction of sp³-hybridized carbons (Fsp3) is 0.538. The number of ketones is 1. The topological polar surface area (TPSA) is 159 Å². The van der Waals surface area contributed by atoms with Crippen molar-refractivity contribution in [1.82, 2.24) is 31.3 Å². The number of likely N-dealkylation sites (tertiary alicyclic amines) is 1. The van der Waals surface area contributed by atoms with Gasteiger partial charge in [-0.05, 0) is 66.5 Å². The van der Waals surface area contributed by atoms with Crippen LogP contribution in [0.4, 0.5) is 0 Å². The van der Waals surface area contributed by atoms with Crippen LogP contribution in [0.3, 0.4) is 0 Å². The van der Waals surface area contributed by atoms with Gasteiger partial charge in [0.2, 0.25) is 23.5 Å². The lowest BCUT2D eigenvalue weighted by atomic mass is 9.84. The third-order valence-corrected chi connectivity index (χ3v) is 10.3. The summed E-state index contributed by atoms with van der Waals surface area (Å²) in [6.07, 6.45) is 11.5. The Morgan fingerprint density at radius 2 is 1.79 bits per heavy atom. The summed E-state index contributed by atoms with van der Waals surface area (Å²) in [6, 6.07) is 7.56. The van der Waals surface area contributed by atoms with Crippen molar-refractivity contribution in [3.8, 4) is 0 Å². The molecule has 0 bridgehead atoms. The molecule has 3 aliphatic rings. The second-order valence-corrected chi connectivity index (χ2v) is 15.8. The van der Waals surface area contributed by atoms with Gasteiger partial charge in [-0.3, -0.25) is 39.3 Å². The van der Waals surface area contributed by atoms with Crippen molar-refractivity contribution < 1.29 is 28.8 Å². The summed E-state index contributed by atoms with van der Waals surface area (Å²) in [7, 11) is 0. The second-order valence-electron chi connectivity index (χ2n) is 15.4. The molecule has 52 heavy (non-hydrogen) atoms. The van der Waals surface area contributed by atoms with E-state index in [0.717, 1.165) is 36.8 Å². The smallest absolute Gasteiger partial charge is 0.289 e. The van der Waals surface area contributed by atoms with Gasteiger partial charge in [0.15, 0.2) is 0 Å². The number of amides is 4. The van der Waals surface area contributed by atoms with Crippen molar-refractivity contribution in [1.29, 1.82) is 0 Å². The number of benzene rings is 1. The first-order valence-corrected chi connectivity index (χ1v) is 18.7. The molecule has 0 unspecified atom stereocenters. The maximum atomic E-state index is 14.6. The fourth-order valence-electron chi connectivity index (χ4n) is 7.26. The highest BCUT2D eigenvalue weighted by molar-refractivity contribution is 6.38. The molecule has 1 saturated carbocycles. The number of aromatic nitrogens is 1. The standard InChI is InChI=1S/C39H51ClN6O6/c1-5-10-29(33(48)36(50)42-23-26-15-17-41-18-16-26)43-35(49)31-22-39(21-30(45-52-39)27-13-9-14-28(40)20-27)24-46(31)37(51)34(38(2,3)4)44-32(47)19-25-11-7-6-8-12-25/h9,13-18,20-21,25,29,31,34,45H,5-8,10-12,19,22-24H2,1-4H3,(H,42,50)(H,43,49)(H,44,47)/t29-,31-,34+,39+/m0/s1. The Kier molecular flexibility index (Phi) is 12.7. The third-order valence-electron chi connectivity index (χ3n) is 10.1. The van der Waals surface area contributed by atoms with Crippen LogP contribution in [-0.2, 0) is 35.4 Å². The minimum Gasteiger partial charge on any atom is -0.345 e. The molecule has 1 spiro atoms. The van der Waals surface area contributed by atoms with Gasteiger partial charge in [0.25, 0.3) is 5.91 Å². The molecule has 5 rings (SSSR count). The molecule has 13 heteroatoms. The molecule has 4 atom stereocenters. The van der Waals surface area contributed by atoms with E-state index in [2.05, 4.69) is 26.4 Å². The monoisotopic (exact) mass is 734 g/mol. The third kappa shape index (κ3) is 9.77. The van der Waals surface area contributed by atoms with Crippen molar-refractivity contribution in [2.75, 3.05) is 6.54 Å². The van der Waals surface area contributed by atoms with Crippen molar-refractivity contribution in [2.24, 2.45) is 11.3 Å². The Balaban J connectivity index is 1.39. The van der Waals surface area contributed by atoms with Gasteiger partial charge >= 0.3 is 0 Å². The van der Waals surface area contributed by atoms with E-state index in [4.69, 9.17) is 16.4 Å². The van der Waals surface area contributed by atoms with Gasteiger partial charge in [-0.15, -0.1) is 0 Å². The summed E-state index contributed by atoms with van der Waals surface area (Å²) in [5.74, 6) is -2.53. The molecular formula is C39H51ClN6O6. The summed E-state index contributed by atoms with van der Waals surface area (Å²) in [6.45, 7) is 7.62.